The van der Waals surface area contributed by atoms with Gasteiger partial charge in [0.2, 0.25) is 5.91 Å². The highest BCUT2D eigenvalue weighted by Crippen LogP contribution is 2.28. The minimum atomic E-state index is -0.0267. The molecule has 1 aromatic carbocycles. The van der Waals surface area contributed by atoms with Crippen LogP contribution in [0.5, 0.6) is 0 Å². The van der Waals surface area contributed by atoms with E-state index in [0.717, 1.165) is 37.9 Å². The number of para-hydroxylation sites is 1. The minimum Gasteiger partial charge on any atom is -0.330 e. The van der Waals surface area contributed by atoms with Gasteiger partial charge in [-0.2, -0.15) is 0 Å². The monoisotopic (exact) mass is 246 g/mol. The van der Waals surface area contributed by atoms with E-state index in [-0.39, 0.29) is 11.8 Å². The summed E-state index contributed by atoms with van der Waals surface area (Å²) in [7, 11) is 0. The maximum atomic E-state index is 12.5. The summed E-state index contributed by atoms with van der Waals surface area (Å²) >= 11 is 0. The Morgan fingerprint density at radius 3 is 2.94 bits per heavy atom. The summed E-state index contributed by atoms with van der Waals surface area (Å²) in [5, 5.41) is 0. The molecule has 0 fully saturated rings. The Balaban J connectivity index is 2.21. The van der Waals surface area contributed by atoms with Crippen LogP contribution in [0, 0.1) is 5.92 Å². The van der Waals surface area contributed by atoms with Crippen molar-refractivity contribution in [2.45, 2.75) is 32.6 Å². The van der Waals surface area contributed by atoms with E-state index in [0.29, 0.717) is 6.54 Å². The summed E-state index contributed by atoms with van der Waals surface area (Å²) in [6.45, 7) is 3.38. The molecule has 1 atom stereocenters. The Morgan fingerprint density at radius 2 is 2.22 bits per heavy atom. The average Bonchev–Trinajstić information content (AvgIpc) is 2.43. The molecule has 1 aliphatic rings. The number of fused-ring (bicyclic) bond motifs is 1. The number of aryl methyl sites for hydroxylation is 1. The third-order valence-electron chi connectivity index (χ3n) is 3.65. The average molecular weight is 246 g/mol. The van der Waals surface area contributed by atoms with Gasteiger partial charge in [0.15, 0.2) is 0 Å². The van der Waals surface area contributed by atoms with Crippen LogP contribution in [-0.2, 0) is 11.2 Å². The van der Waals surface area contributed by atoms with Crippen LogP contribution in [0.15, 0.2) is 24.3 Å². The molecule has 2 N–H and O–H groups in total. The second kappa shape index (κ2) is 6.01. The fraction of sp³-hybridized carbons (Fsp3) is 0.533. The van der Waals surface area contributed by atoms with Crippen molar-refractivity contribution >= 4 is 11.6 Å². The Kier molecular flexibility index (Phi) is 4.37. The number of hydrogen-bond acceptors (Lipinski definition) is 2. The number of nitrogens with two attached hydrogens (primary N) is 1. The summed E-state index contributed by atoms with van der Waals surface area (Å²) in [6, 6.07) is 8.21. The smallest absolute Gasteiger partial charge is 0.231 e. The van der Waals surface area contributed by atoms with Crippen molar-refractivity contribution in [2.75, 3.05) is 18.0 Å². The fourth-order valence-electron chi connectivity index (χ4n) is 2.67. The van der Waals surface area contributed by atoms with E-state index in [1.807, 2.05) is 23.1 Å². The molecule has 0 saturated carbocycles. The minimum absolute atomic E-state index is 0.0267. The van der Waals surface area contributed by atoms with Gasteiger partial charge < -0.3 is 10.6 Å². The lowest BCUT2D eigenvalue weighted by Gasteiger charge is -2.32. The zero-order valence-electron chi connectivity index (χ0n) is 11.1. The van der Waals surface area contributed by atoms with Gasteiger partial charge in [0.05, 0.1) is 5.92 Å². The SMILES string of the molecule is CCCC(CN)C(=O)N1CCCc2ccccc21. The molecule has 1 amide bonds. The number of amides is 1. The molecule has 98 valence electrons. The van der Waals surface area contributed by atoms with E-state index in [1.165, 1.54) is 5.56 Å². The molecular formula is C15H22N2O. The molecule has 3 nitrogen and oxygen atoms in total. The molecule has 0 radical (unpaired) electrons. The van der Waals surface area contributed by atoms with Crippen molar-refractivity contribution in [3.63, 3.8) is 0 Å². The molecule has 1 unspecified atom stereocenters. The van der Waals surface area contributed by atoms with Crippen LogP contribution in [0.4, 0.5) is 5.69 Å². The topological polar surface area (TPSA) is 46.3 Å². The van der Waals surface area contributed by atoms with E-state index >= 15 is 0 Å². The maximum Gasteiger partial charge on any atom is 0.231 e. The number of carbonyl (C=O) groups excluding carboxylic acids is 1. The van der Waals surface area contributed by atoms with Gasteiger partial charge in [0, 0.05) is 18.8 Å². The van der Waals surface area contributed by atoms with Gasteiger partial charge in [-0.3, -0.25) is 4.79 Å². The molecule has 1 heterocycles. The van der Waals surface area contributed by atoms with E-state index < -0.39 is 0 Å². The summed E-state index contributed by atoms with van der Waals surface area (Å²) in [6.07, 6.45) is 4.00. The Labute approximate surface area is 109 Å². The van der Waals surface area contributed by atoms with Gasteiger partial charge in [0.1, 0.15) is 0 Å². The lowest BCUT2D eigenvalue weighted by molar-refractivity contribution is -0.122. The number of benzene rings is 1. The lowest BCUT2D eigenvalue weighted by Crippen LogP contribution is -2.42. The van der Waals surface area contributed by atoms with Crippen molar-refractivity contribution in [3.05, 3.63) is 29.8 Å². The van der Waals surface area contributed by atoms with Crippen LogP contribution < -0.4 is 10.6 Å². The largest absolute Gasteiger partial charge is 0.330 e. The molecule has 3 heteroatoms. The molecule has 0 saturated heterocycles. The second-order valence-corrected chi connectivity index (χ2v) is 4.94. The quantitative estimate of drug-likeness (QED) is 0.886. The van der Waals surface area contributed by atoms with Crippen LogP contribution in [0.25, 0.3) is 0 Å². The Morgan fingerprint density at radius 1 is 1.44 bits per heavy atom. The van der Waals surface area contributed by atoms with Crippen LogP contribution in [0.1, 0.15) is 31.7 Å². The Hall–Kier alpha value is -1.35. The van der Waals surface area contributed by atoms with Crippen LogP contribution >= 0.6 is 0 Å². The van der Waals surface area contributed by atoms with Gasteiger partial charge in [-0.1, -0.05) is 31.5 Å². The number of rotatable bonds is 4. The van der Waals surface area contributed by atoms with Crippen LogP contribution in [-0.4, -0.2) is 19.0 Å². The first kappa shape index (κ1) is 13.1. The lowest BCUT2D eigenvalue weighted by atomic mass is 9.97. The van der Waals surface area contributed by atoms with Gasteiger partial charge in [-0.15, -0.1) is 0 Å². The predicted molar refractivity (Wildman–Crippen MR) is 74.6 cm³/mol. The van der Waals surface area contributed by atoms with Crippen molar-refractivity contribution in [2.24, 2.45) is 11.7 Å². The molecule has 0 aromatic heterocycles. The zero-order valence-corrected chi connectivity index (χ0v) is 11.1. The third kappa shape index (κ3) is 2.56. The summed E-state index contributed by atoms with van der Waals surface area (Å²) in [5.74, 6) is 0.174. The highest BCUT2D eigenvalue weighted by atomic mass is 16.2. The standard InChI is InChI=1S/C15H22N2O/c1-2-6-13(11-16)15(18)17-10-5-8-12-7-3-4-9-14(12)17/h3-4,7,9,13H,2,5-6,8,10-11,16H2,1H3. The summed E-state index contributed by atoms with van der Waals surface area (Å²) < 4.78 is 0. The van der Waals surface area contributed by atoms with Gasteiger partial charge in [-0.05, 0) is 30.9 Å². The molecule has 0 spiro atoms. The first-order valence-electron chi connectivity index (χ1n) is 6.87. The number of anilines is 1. The van der Waals surface area contributed by atoms with Crippen molar-refractivity contribution in [1.29, 1.82) is 0 Å². The van der Waals surface area contributed by atoms with Crippen molar-refractivity contribution in [3.8, 4) is 0 Å². The molecule has 1 aromatic rings. The van der Waals surface area contributed by atoms with E-state index in [2.05, 4.69) is 13.0 Å². The third-order valence-corrected chi connectivity index (χ3v) is 3.65. The number of carbonyl (C=O) groups is 1. The van der Waals surface area contributed by atoms with Gasteiger partial charge >= 0.3 is 0 Å². The van der Waals surface area contributed by atoms with E-state index in [9.17, 15) is 4.79 Å². The summed E-state index contributed by atoms with van der Waals surface area (Å²) in [5.41, 5.74) is 8.11. The molecule has 1 aliphatic heterocycles. The van der Waals surface area contributed by atoms with E-state index in [4.69, 9.17) is 5.73 Å². The highest BCUT2D eigenvalue weighted by Gasteiger charge is 2.27. The molecule has 18 heavy (non-hydrogen) atoms. The van der Waals surface area contributed by atoms with Gasteiger partial charge in [0.25, 0.3) is 0 Å². The van der Waals surface area contributed by atoms with Crippen molar-refractivity contribution < 1.29 is 4.79 Å². The maximum absolute atomic E-state index is 12.5. The molecule has 0 aliphatic carbocycles. The predicted octanol–water partition coefficient (Wildman–Crippen LogP) is 2.34. The zero-order chi connectivity index (χ0) is 13.0. The van der Waals surface area contributed by atoms with E-state index in [1.54, 1.807) is 0 Å². The fourth-order valence-corrected chi connectivity index (χ4v) is 2.67. The molecule has 0 bridgehead atoms. The molecule has 2 rings (SSSR count). The highest BCUT2D eigenvalue weighted by molar-refractivity contribution is 5.96. The first-order chi connectivity index (χ1) is 8.77. The summed E-state index contributed by atoms with van der Waals surface area (Å²) in [4.78, 5) is 14.5. The second-order valence-electron chi connectivity index (χ2n) is 4.94. The van der Waals surface area contributed by atoms with Crippen LogP contribution in [0.2, 0.25) is 0 Å². The molecular weight excluding hydrogens is 224 g/mol. The van der Waals surface area contributed by atoms with Gasteiger partial charge in [-0.25, -0.2) is 0 Å². The number of nitrogens with zero attached hydrogens (tertiary/aromatic N) is 1. The number of hydrogen-bond donors (Lipinski definition) is 1. The normalized spacial score (nSPS) is 16.2. The Bertz CT molecular complexity index is 417. The van der Waals surface area contributed by atoms with Crippen LogP contribution in [0.3, 0.4) is 0 Å². The first-order valence-corrected chi connectivity index (χ1v) is 6.87. The van der Waals surface area contributed by atoms with Crippen molar-refractivity contribution in [1.82, 2.24) is 0 Å².